The standard InChI is InChI=1S/C15H20N4OS/c16-14-17-8-10-1-4-19(9-12(10)18-14)13(20)11-7-15(11)2-5-21-6-3-15/h8,11H,1-7,9H2,(H2,16,17,18). The Morgan fingerprint density at radius 2 is 2.24 bits per heavy atom. The van der Waals surface area contributed by atoms with E-state index in [0.29, 0.717) is 23.8 Å². The quantitative estimate of drug-likeness (QED) is 0.851. The van der Waals surface area contributed by atoms with Gasteiger partial charge in [0.1, 0.15) is 0 Å². The van der Waals surface area contributed by atoms with Crippen LogP contribution in [0.1, 0.15) is 30.5 Å². The van der Waals surface area contributed by atoms with Gasteiger partial charge in [-0.3, -0.25) is 4.79 Å². The lowest BCUT2D eigenvalue weighted by molar-refractivity contribution is -0.134. The van der Waals surface area contributed by atoms with Crippen molar-refractivity contribution in [2.45, 2.75) is 32.2 Å². The molecule has 1 saturated heterocycles. The van der Waals surface area contributed by atoms with Crippen molar-refractivity contribution in [2.24, 2.45) is 11.3 Å². The Kier molecular flexibility index (Phi) is 3.10. The van der Waals surface area contributed by atoms with Gasteiger partial charge >= 0.3 is 0 Å². The van der Waals surface area contributed by atoms with Crippen molar-refractivity contribution >= 4 is 23.6 Å². The first-order valence-electron chi connectivity index (χ1n) is 7.65. The van der Waals surface area contributed by atoms with Crippen molar-refractivity contribution in [3.8, 4) is 0 Å². The van der Waals surface area contributed by atoms with Crippen LogP contribution in [-0.4, -0.2) is 38.8 Å². The predicted molar refractivity (Wildman–Crippen MR) is 82.7 cm³/mol. The molecular formula is C15H20N4OS. The number of nitrogens with two attached hydrogens (primary N) is 1. The highest BCUT2D eigenvalue weighted by atomic mass is 32.2. The van der Waals surface area contributed by atoms with Crippen LogP contribution in [0.3, 0.4) is 0 Å². The van der Waals surface area contributed by atoms with Crippen molar-refractivity contribution in [2.75, 3.05) is 23.8 Å². The summed E-state index contributed by atoms with van der Waals surface area (Å²) in [6, 6.07) is 0. The molecule has 1 amide bonds. The zero-order chi connectivity index (χ0) is 14.4. The van der Waals surface area contributed by atoms with E-state index in [4.69, 9.17) is 5.73 Å². The van der Waals surface area contributed by atoms with Crippen molar-refractivity contribution in [3.05, 3.63) is 17.5 Å². The van der Waals surface area contributed by atoms with E-state index in [1.165, 1.54) is 24.3 Å². The molecule has 5 nitrogen and oxygen atoms in total. The molecule has 0 aromatic carbocycles. The van der Waals surface area contributed by atoms with Crippen LogP contribution in [0.2, 0.25) is 0 Å². The number of thioether (sulfide) groups is 1. The Morgan fingerprint density at radius 1 is 1.43 bits per heavy atom. The molecule has 2 fully saturated rings. The smallest absolute Gasteiger partial charge is 0.226 e. The largest absolute Gasteiger partial charge is 0.368 e. The van der Waals surface area contributed by atoms with Crippen molar-refractivity contribution in [1.82, 2.24) is 14.9 Å². The topological polar surface area (TPSA) is 72.1 Å². The van der Waals surface area contributed by atoms with Gasteiger partial charge in [0.05, 0.1) is 12.2 Å². The molecule has 1 atom stereocenters. The number of hydrogen-bond donors (Lipinski definition) is 1. The summed E-state index contributed by atoms with van der Waals surface area (Å²) >= 11 is 2.02. The summed E-state index contributed by atoms with van der Waals surface area (Å²) in [5, 5.41) is 0. The lowest BCUT2D eigenvalue weighted by Crippen LogP contribution is -2.38. The summed E-state index contributed by atoms with van der Waals surface area (Å²) in [6.07, 6.45) is 6.18. The van der Waals surface area contributed by atoms with Gasteiger partial charge < -0.3 is 10.6 Å². The fraction of sp³-hybridized carbons (Fsp3) is 0.667. The fourth-order valence-corrected chi connectivity index (χ4v) is 5.06. The molecule has 21 heavy (non-hydrogen) atoms. The van der Waals surface area contributed by atoms with Crippen LogP contribution in [-0.2, 0) is 17.8 Å². The normalized spacial score (nSPS) is 26.5. The van der Waals surface area contributed by atoms with E-state index < -0.39 is 0 Å². The third-order valence-electron chi connectivity index (χ3n) is 5.25. The first-order chi connectivity index (χ1) is 10.2. The number of fused-ring (bicyclic) bond motifs is 1. The number of hydrogen-bond acceptors (Lipinski definition) is 5. The zero-order valence-corrected chi connectivity index (χ0v) is 12.9. The minimum Gasteiger partial charge on any atom is -0.368 e. The molecule has 0 radical (unpaired) electrons. The van der Waals surface area contributed by atoms with Crippen molar-refractivity contribution < 1.29 is 4.79 Å². The Morgan fingerprint density at radius 3 is 3.05 bits per heavy atom. The van der Waals surface area contributed by atoms with Gasteiger partial charge in [0.2, 0.25) is 11.9 Å². The lowest BCUT2D eigenvalue weighted by atomic mass is 9.95. The maximum atomic E-state index is 12.8. The zero-order valence-electron chi connectivity index (χ0n) is 12.0. The highest BCUT2D eigenvalue weighted by Gasteiger charge is 2.58. The summed E-state index contributed by atoms with van der Waals surface area (Å²) in [5.41, 5.74) is 8.06. The van der Waals surface area contributed by atoms with Crippen LogP contribution >= 0.6 is 11.8 Å². The van der Waals surface area contributed by atoms with Crippen LogP contribution < -0.4 is 5.73 Å². The van der Waals surface area contributed by atoms with E-state index >= 15 is 0 Å². The molecule has 1 unspecified atom stereocenters. The Hall–Kier alpha value is -1.30. The van der Waals surface area contributed by atoms with E-state index in [1.807, 2.05) is 16.7 Å². The number of rotatable bonds is 1. The molecule has 1 aromatic rings. The molecule has 3 heterocycles. The third-order valence-corrected chi connectivity index (χ3v) is 6.24. The van der Waals surface area contributed by atoms with Gasteiger partial charge in [0.25, 0.3) is 0 Å². The molecule has 2 N–H and O–H groups in total. The number of amides is 1. The van der Waals surface area contributed by atoms with E-state index in [2.05, 4.69) is 9.97 Å². The van der Waals surface area contributed by atoms with Crippen LogP contribution in [0, 0.1) is 11.3 Å². The Bertz CT molecular complexity index is 585. The number of carbonyl (C=O) groups is 1. The van der Waals surface area contributed by atoms with Crippen LogP contribution in [0.5, 0.6) is 0 Å². The second-order valence-electron chi connectivity index (χ2n) is 6.44. The molecule has 1 saturated carbocycles. The summed E-state index contributed by atoms with van der Waals surface area (Å²) in [7, 11) is 0. The summed E-state index contributed by atoms with van der Waals surface area (Å²) in [5.74, 6) is 3.34. The fourth-order valence-electron chi connectivity index (χ4n) is 3.75. The van der Waals surface area contributed by atoms with Crippen molar-refractivity contribution in [1.29, 1.82) is 0 Å². The summed E-state index contributed by atoms with van der Waals surface area (Å²) in [4.78, 5) is 23.1. The Balaban J connectivity index is 1.47. The van der Waals surface area contributed by atoms with Gasteiger partial charge in [0, 0.05) is 18.7 Å². The SMILES string of the molecule is Nc1ncc2c(n1)CN(C(=O)C1CC13CCSCC3)CC2. The van der Waals surface area contributed by atoms with Gasteiger partial charge in [-0.05, 0) is 48.2 Å². The molecule has 1 spiro atoms. The first kappa shape index (κ1) is 13.4. The highest BCUT2D eigenvalue weighted by molar-refractivity contribution is 7.99. The van der Waals surface area contributed by atoms with Gasteiger partial charge in [0.15, 0.2) is 0 Å². The lowest BCUT2D eigenvalue weighted by Gasteiger charge is -2.30. The number of carbonyl (C=O) groups excluding carboxylic acids is 1. The monoisotopic (exact) mass is 304 g/mol. The van der Waals surface area contributed by atoms with Gasteiger partial charge in [-0.15, -0.1) is 0 Å². The Labute approximate surface area is 128 Å². The molecule has 6 heteroatoms. The van der Waals surface area contributed by atoms with Crippen LogP contribution in [0.25, 0.3) is 0 Å². The van der Waals surface area contributed by atoms with Gasteiger partial charge in [-0.2, -0.15) is 11.8 Å². The number of nitrogens with zero attached hydrogens (tertiary/aromatic N) is 3. The second kappa shape index (κ2) is 4.87. The van der Waals surface area contributed by atoms with Gasteiger partial charge in [-0.25, -0.2) is 9.97 Å². The minimum absolute atomic E-state index is 0.263. The molecule has 112 valence electrons. The molecule has 2 aliphatic heterocycles. The van der Waals surface area contributed by atoms with Crippen molar-refractivity contribution in [3.63, 3.8) is 0 Å². The molecule has 0 bridgehead atoms. The molecular weight excluding hydrogens is 284 g/mol. The maximum absolute atomic E-state index is 12.8. The third kappa shape index (κ3) is 2.29. The first-order valence-corrected chi connectivity index (χ1v) is 8.80. The minimum atomic E-state index is 0.263. The molecule has 1 aromatic heterocycles. The van der Waals surface area contributed by atoms with E-state index in [-0.39, 0.29) is 5.92 Å². The summed E-state index contributed by atoms with van der Waals surface area (Å²) in [6.45, 7) is 1.39. The molecule has 4 rings (SSSR count). The van der Waals surface area contributed by atoms with Gasteiger partial charge in [-0.1, -0.05) is 0 Å². The highest BCUT2D eigenvalue weighted by Crippen LogP contribution is 2.61. The van der Waals surface area contributed by atoms with Crippen LogP contribution in [0.15, 0.2) is 6.20 Å². The van der Waals surface area contributed by atoms with E-state index in [0.717, 1.165) is 30.6 Å². The van der Waals surface area contributed by atoms with E-state index in [1.54, 1.807) is 6.20 Å². The molecule has 3 aliphatic rings. The number of aromatic nitrogens is 2. The molecule has 1 aliphatic carbocycles. The number of nitrogen functional groups attached to an aromatic ring is 1. The average molecular weight is 304 g/mol. The maximum Gasteiger partial charge on any atom is 0.226 e. The number of anilines is 1. The summed E-state index contributed by atoms with van der Waals surface area (Å²) < 4.78 is 0. The van der Waals surface area contributed by atoms with E-state index in [9.17, 15) is 4.79 Å². The average Bonchev–Trinajstić information content (AvgIpc) is 3.19. The predicted octanol–water partition coefficient (Wildman–Crippen LogP) is 1.48. The second-order valence-corrected chi connectivity index (χ2v) is 7.67. The van der Waals surface area contributed by atoms with Crippen LogP contribution in [0.4, 0.5) is 5.95 Å².